The van der Waals surface area contributed by atoms with Crippen molar-refractivity contribution in [3.63, 3.8) is 0 Å². The summed E-state index contributed by atoms with van der Waals surface area (Å²) < 4.78 is 0. The Morgan fingerprint density at radius 3 is 2.52 bits per heavy atom. The highest BCUT2D eigenvalue weighted by Gasteiger charge is 2.20. The lowest BCUT2D eigenvalue weighted by Crippen LogP contribution is -2.27. The Labute approximate surface area is 152 Å². The molecule has 0 aliphatic rings. The Morgan fingerprint density at radius 2 is 1.84 bits per heavy atom. The summed E-state index contributed by atoms with van der Waals surface area (Å²) in [6.07, 6.45) is 0. The summed E-state index contributed by atoms with van der Waals surface area (Å²) in [5.41, 5.74) is 3.95. The normalized spacial score (nSPS) is 11.8. The van der Waals surface area contributed by atoms with Crippen molar-refractivity contribution in [2.75, 3.05) is 7.05 Å². The Kier molecular flexibility index (Phi) is 6.26. The zero-order valence-electron chi connectivity index (χ0n) is 14.9. The lowest BCUT2D eigenvalue weighted by atomic mass is 10.0. The van der Waals surface area contributed by atoms with Gasteiger partial charge in [0.1, 0.15) is 5.25 Å². The van der Waals surface area contributed by atoms with Crippen molar-refractivity contribution in [1.29, 1.82) is 0 Å². The Bertz CT molecular complexity index is 788. The van der Waals surface area contributed by atoms with E-state index in [1.807, 2.05) is 19.9 Å². The van der Waals surface area contributed by atoms with Gasteiger partial charge in [0.2, 0.25) is 0 Å². The first kappa shape index (κ1) is 19.1. The van der Waals surface area contributed by atoms with E-state index in [4.69, 9.17) is 5.11 Å². The van der Waals surface area contributed by atoms with Crippen LogP contribution in [0.2, 0.25) is 0 Å². The molecule has 0 radical (unpaired) electrons. The summed E-state index contributed by atoms with van der Waals surface area (Å²) in [6, 6.07) is 13.4. The van der Waals surface area contributed by atoms with Crippen LogP contribution in [0.15, 0.2) is 47.4 Å². The minimum Gasteiger partial charge on any atom is -0.480 e. The number of carboxylic acid groups (broad SMARTS) is 1. The van der Waals surface area contributed by atoms with Gasteiger partial charge in [0.05, 0.1) is 5.56 Å². The quantitative estimate of drug-likeness (QED) is 0.790. The zero-order chi connectivity index (χ0) is 18.6. The second kappa shape index (κ2) is 8.21. The highest BCUT2D eigenvalue weighted by molar-refractivity contribution is 8.00. The molecule has 132 valence electrons. The van der Waals surface area contributed by atoms with Gasteiger partial charge in [-0.1, -0.05) is 35.9 Å². The molecule has 1 atom stereocenters. The zero-order valence-corrected chi connectivity index (χ0v) is 15.8. The van der Waals surface area contributed by atoms with Crippen molar-refractivity contribution in [2.45, 2.75) is 37.5 Å². The van der Waals surface area contributed by atoms with E-state index in [0.717, 1.165) is 16.7 Å². The third kappa shape index (κ3) is 4.86. The molecule has 5 heteroatoms. The molecule has 1 unspecified atom stereocenters. The van der Waals surface area contributed by atoms with Crippen molar-refractivity contribution in [3.05, 3.63) is 64.7 Å². The van der Waals surface area contributed by atoms with Crippen molar-refractivity contribution >= 4 is 23.6 Å². The van der Waals surface area contributed by atoms with Crippen LogP contribution < -0.4 is 0 Å². The Morgan fingerprint density at radius 1 is 1.16 bits per heavy atom. The number of thioether (sulfide) groups is 1. The van der Waals surface area contributed by atoms with Crippen LogP contribution >= 0.6 is 11.8 Å². The van der Waals surface area contributed by atoms with E-state index < -0.39 is 11.2 Å². The Balaban J connectivity index is 2.22. The molecular formula is C20H23NO3S. The molecule has 0 heterocycles. The number of amides is 1. The van der Waals surface area contributed by atoms with E-state index in [2.05, 4.69) is 18.2 Å². The highest BCUT2D eigenvalue weighted by atomic mass is 32.2. The number of benzene rings is 2. The molecule has 25 heavy (non-hydrogen) atoms. The van der Waals surface area contributed by atoms with E-state index in [9.17, 15) is 9.59 Å². The van der Waals surface area contributed by atoms with E-state index >= 15 is 0 Å². The van der Waals surface area contributed by atoms with Gasteiger partial charge in [-0.05, 0) is 44.0 Å². The van der Waals surface area contributed by atoms with Crippen molar-refractivity contribution in [3.8, 4) is 0 Å². The molecule has 4 nitrogen and oxygen atoms in total. The third-order valence-electron chi connectivity index (χ3n) is 4.03. The Hall–Kier alpha value is -2.27. The lowest BCUT2D eigenvalue weighted by Gasteiger charge is -2.21. The van der Waals surface area contributed by atoms with Gasteiger partial charge in [0, 0.05) is 18.5 Å². The fourth-order valence-electron chi connectivity index (χ4n) is 2.49. The van der Waals surface area contributed by atoms with Gasteiger partial charge in [0.15, 0.2) is 0 Å². The maximum absolute atomic E-state index is 12.9. The average Bonchev–Trinajstić information content (AvgIpc) is 2.57. The highest BCUT2D eigenvalue weighted by Crippen LogP contribution is 2.28. The van der Waals surface area contributed by atoms with Gasteiger partial charge < -0.3 is 10.0 Å². The van der Waals surface area contributed by atoms with E-state index in [0.29, 0.717) is 17.0 Å². The first-order chi connectivity index (χ1) is 11.8. The SMILES string of the molecule is Cc1ccc(C)c(CN(C)C(=O)c2ccccc2SC(C)C(=O)O)c1. The molecule has 0 saturated heterocycles. The molecule has 2 aromatic rings. The van der Waals surface area contributed by atoms with E-state index in [-0.39, 0.29) is 5.91 Å². The molecule has 1 amide bonds. The van der Waals surface area contributed by atoms with Crippen LogP contribution in [0.3, 0.4) is 0 Å². The summed E-state index contributed by atoms with van der Waals surface area (Å²) in [5, 5.41) is 8.50. The summed E-state index contributed by atoms with van der Waals surface area (Å²) in [6.45, 7) is 6.20. The first-order valence-electron chi connectivity index (χ1n) is 8.09. The summed E-state index contributed by atoms with van der Waals surface area (Å²) >= 11 is 1.19. The van der Waals surface area contributed by atoms with Crippen LogP contribution in [0.1, 0.15) is 34.0 Å². The van der Waals surface area contributed by atoms with Crippen molar-refractivity contribution < 1.29 is 14.7 Å². The van der Waals surface area contributed by atoms with Crippen LogP contribution in [0.25, 0.3) is 0 Å². The van der Waals surface area contributed by atoms with Gasteiger partial charge in [-0.25, -0.2) is 0 Å². The van der Waals surface area contributed by atoms with Gasteiger partial charge in [-0.15, -0.1) is 11.8 Å². The van der Waals surface area contributed by atoms with Gasteiger partial charge in [0.25, 0.3) is 5.91 Å². The largest absolute Gasteiger partial charge is 0.480 e. The summed E-state index contributed by atoms with van der Waals surface area (Å²) in [4.78, 5) is 26.4. The molecule has 0 fully saturated rings. The van der Waals surface area contributed by atoms with Crippen LogP contribution in [0.5, 0.6) is 0 Å². The fourth-order valence-corrected chi connectivity index (χ4v) is 3.41. The maximum Gasteiger partial charge on any atom is 0.316 e. The smallest absolute Gasteiger partial charge is 0.316 e. The molecule has 2 rings (SSSR count). The molecule has 0 aliphatic heterocycles. The van der Waals surface area contributed by atoms with Gasteiger partial charge in [-0.2, -0.15) is 0 Å². The number of carboxylic acids is 1. The van der Waals surface area contributed by atoms with Crippen LogP contribution in [-0.2, 0) is 11.3 Å². The molecule has 0 saturated carbocycles. The number of hydrogen-bond acceptors (Lipinski definition) is 3. The van der Waals surface area contributed by atoms with Crippen molar-refractivity contribution in [1.82, 2.24) is 4.90 Å². The number of carbonyl (C=O) groups excluding carboxylic acids is 1. The molecule has 0 spiro atoms. The van der Waals surface area contributed by atoms with Crippen LogP contribution in [0, 0.1) is 13.8 Å². The number of carbonyl (C=O) groups is 2. The second-order valence-electron chi connectivity index (χ2n) is 6.19. The van der Waals surface area contributed by atoms with Gasteiger partial charge >= 0.3 is 5.97 Å². The number of nitrogens with zero attached hydrogens (tertiary/aromatic N) is 1. The standard InChI is InChI=1S/C20H23NO3S/c1-13-9-10-14(2)16(11-13)12-21(4)19(22)17-7-5-6-8-18(17)25-15(3)20(23)24/h5-11,15H,12H2,1-4H3,(H,23,24). The molecule has 1 N–H and O–H groups in total. The summed E-state index contributed by atoms with van der Waals surface area (Å²) in [7, 11) is 1.77. The average molecular weight is 357 g/mol. The number of aliphatic carboxylic acids is 1. The van der Waals surface area contributed by atoms with Crippen LogP contribution in [-0.4, -0.2) is 34.2 Å². The minimum atomic E-state index is -0.893. The van der Waals surface area contributed by atoms with E-state index in [1.54, 1.807) is 37.1 Å². The van der Waals surface area contributed by atoms with Gasteiger partial charge in [-0.3, -0.25) is 9.59 Å². The topological polar surface area (TPSA) is 57.6 Å². The molecular weight excluding hydrogens is 334 g/mol. The van der Waals surface area contributed by atoms with E-state index in [1.165, 1.54) is 11.8 Å². The summed E-state index contributed by atoms with van der Waals surface area (Å²) in [5.74, 6) is -1.00. The minimum absolute atomic E-state index is 0.110. The first-order valence-corrected chi connectivity index (χ1v) is 8.97. The monoisotopic (exact) mass is 357 g/mol. The molecule has 2 aromatic carbocycles. The predicted molar refractivity (Wildman–Crippen MR) is 101 cm³/mol. The molecule has 0 aromatic heterocycles. The van der Waals surface area contributed by atoms with Crippen LogP contribution in [0.4, 0.5) is 0 Å². The second-order valence-corrected chi connectivity index (χ2v) is 7.57. The number of hydrogen-bond donors (Lipinski definition) is 1. The van der Waals surface area contributed by atoms with Crippen molar-refractivity contribution in [2.24, 2.45) is 0 Å². The number of aryl methyl sites for hydroxylation is 2. The lowest BCUT2D eigenvalue weighted by molar-refractivity contribution is -0.136. The third-order valence-corrected chi connectivity index (χ3v) is 5.19. The fraction of sp³-hybridized carbons (Fsp3) is 0.300. The molecule has 0 bridgehead atoms. The number of rotatable bonds is 6. The molecule has 0 aliphatic carbocycles. The predicted octanol–water partition coefficient (Wildman–Crippen LogP) is 4.14. The maximum atomic E-state index is 12.9.